The van der Waals surface area contributed by atoms with Gasteiger partial charge in [-0.25, -0.2) is 4.39 Å². The Labute approximate surface area is 128 Å². The van der Waals surface area contributed by atoms with Gasteiger partial charge in [0.05, 0.1) is 6.04 Å². The van der Waals surface area contributed by atoms with Crippen molar-refractivity contribution in [2.24, 2.45) is 5.84 Å². The highest BCUT2D eigenvalue weighted by Gasteiger charge is 2.15. The average molecular weight is 388 g/mol. The fourth-order valence-corrected chi connectivity index (χ4v) is 2.77. The van der Waals surface area contributed by atoms with Gasteiger partial charge in [-0.3, -0.25) is 11.3 Å². The molecule has 100 valence electrons. The Hall–Kier alpha value is -0.750. The van der Waals surface area contributed by atoms with Crippen molar-refractivity contribution in [3.63, 3.8) is 0 Å². The molecule has 0 radical (unpaired) electrons. The van der Waals surface area contributed by atoms with E-state index in [1.807, 2.05) is 24.3 Å². The minimum atomic E-state index is -0.271. The summed E-state index contributed by atoms with van der Waals surface area (Å²) in [6.07, 6.45) is 0.614. The average Bonchev–Trinajstić information content (AvgIpc) is 2.39. The van der Waals surface area contributed by atoms with Gasteiger partial charge in [-0.05, 0) is 42.3 Å². The molecule has 0 saturated carbocycles. The predicted octanol–water partition coefficient (Wildman–Crippen LogP) is 4.10. The largest absolute Gasteiger partial charge is 0.271 e. The Kier molecular flexibility index (Phi) is 5.10. The first-order valence-corrected chi connectivity index (χ1v) is 7.34. The summed E-state index contributed by atoms with van der Waals surface area (Å²) < 4.78 is 15.7. The Bertz CT molecular complexity index is 575. The molecule has 2 aromatic rings. The van der Waals surface area contributed by atoms with Crippen LogP contribution in [0.1, 0.15) is 17.2 Å². The van der Waals surface area contributed by atoms with E-state index < -0.39 is 0 Å². The summed E-state index contributed by atoms with van der Waals surface area (Å²) >= 11 is 6.77. The molecule has 0 heterocycles. The molecular formula is C14H13Br2FN2. The molecule has 0 saturated heterocycles. The third kappa shape index (κ3) is 3.86. The molecule has 0 bridgehead atoms. The van der Waals surface area contributed by atoms with Gasteiger partial charge in [0, 0.05) is 14.5 Å². The molecule has 1 atom stereocenters. The predicted molar refractivity (Wildman–Crippen MR) is 82.0 cm³/mol. The highest BCUT2D eigenvalue weighted by molar-refractivity contribution is 9.10. The third-order valence-electron chi connectivity index (χ3n) is 2.86. The first-order chi connectivity index (χ1) is 9.10. The molecule has 2 nitrogen and oxygen atoms in total. The van der Waals surface area contributed by atoms with E-state index in [2.05, 4.69) is 37.3 Å². The molecule has 0 fully saturated rings. The first kappa shape index (κ1) is 14.7. The van der Waals surface area contributed by atoms with Crippen molar-refractivity contribution < 1.29 is 4.39 Å². The maximum atomic E-state index is 13.9. The van der Waals surface area contributed by atoms with Crippen LogP contribution in [0.4, 0.5) is 4.39 Å². The minimum absolute atomic E-state index is 0.263. The van der Waals surface area contributed by atoms with E-state index in [1.54, 1.807) is 12.1 Å². The summed E-state index contributed by atoms with van der Waals surface area (Å²) in [7, 11) is 0. The Morgan fingerprint density at radius 3 is 2.53 bits per heavy atom. The zero-order chi connectivity index (χ0) is 13.8. The SMILES string of the molecule is NNC(Cc1cccc(Br)c1)c1cc(Br)ccc1F. The molecular weight excluding hydrogens is 375 g/mol. The van der Waals surface area contributed by atoms with Crippen molar-refractivity contribution in [3.05, 3.63) is 68.4 Å². The van der Waals surface area contributed by atoms with Crippen LogP contribution in [0.3, 0.4) is 0 Å². The van der Waals surface area contributed by atoms with Gasteiger partial charge in [-0.15, -0.1) is 0 Å². The van der Waals surface area contributed by atoms with Gasteiger partial charge < -0.3 is 0 Å². The van der Waals surface area contributed by atoms with Crippen LogP contribution in [0.5, 0.6) is 0 Å². The van der Waals surface area contributed by atoms with E-state index in [0.717, 1.165) is 14.5 Å². The molecule has 19 heavy (non-hydrogen) atoms. The van der Waals surface area contributed by atoms with E-state index in [1.165, 1.54) is 6.07 Å². The summed E-state index contributed by atoms with van der Waals surface area (Å²) in [5.74, 6) is 5.30. The minimum Gasteiger partial charge on any atom is -0.271 e. The Morgan fingerprint density at radius 2 is 1.84 bits per heavy atom. The van der Waals surface area contributed by atoms with Gasteiger partial charge in [0.1, 0.15) is 5.82 Å². The van der Waals surface area contributed by atoms with Crippen LogP contribution in [-0.2, 0) is 6.42 Å². The van der Waals surface area contributed by atoms with Crippen molar-refractivity contribution in [1.29, 1.82) is 0 Å². The maximum Gasteiger partial charge on any atom is 0.128 e. The summed E-state index contributed by atoms with van der Waals surface area (Å²) in [6.45, 7) is 0. The lowest BCUT2D eigenvalue weighted by molar-refractivity contribution is 0.510. The standard InChI is InChI=1S/C14H13Br2FN2/c15-10-3-1-2-9(6-10)7-14(19-18)12-8-11(16)4-5-13(12)17/h1-6,8,14,19H,7,18H2. The fourth-order valence-electron chi connectivity index (χ4n) is 1.94. The summed E-state index contributed by atoms with van der Waals surface area (Å²) in [4.78, 5) is 0. The number of rotatable bonds is 4. The van der Waals surface area contributed by atoms with Gasteiger partial charge >= 0.3 is 0 Å². The van der Waals surface area contributed by atoms with Crippen LogP contribution in [0.2, 0.25) is 0 Å². The van der Waals surface area contributed by atoms with Crippen molar-refractivity contribution in [2.45, 2.75) is 12.5 Å². The lowest BCUT2D eigenvalue weighted by atomic mass is 9.99. The van der Waals surface area contributed by atoms with Gasteiger partial charge in [0.25, 0.3) is 0 Å². The number of benzene rings is 2. The molecule has 2 rings (SSSR count). The van der Waals surface area contributed by atoms with Crippen LogP contribution < -0.4 is 11.3 Å². The van der Waals surface area contributed by atoms with Crippen LogP contribution in [0.25, 0.3) is 0 Å². The third-order valence-corrected chi connectivity index (χ3v) is 3.85. The van der Waals surface area contributed by atoms with Crippen molar-refractivity contribution in [2.75, 3.05) is 0 Å². The topological polar surface area (TPSA) is 38.0 Å². The zero-order valence-electron chi connectivity index (χ0n) is 10.0. The number of nitrogens with two attached hydrogens (primary N) is 1. The van der Waals surface area contributed by atoms with Crippen molar-refractivity contribution in [3.8, 4) is 0 Å². The molecule has 0 aromatic heterocycles. The second kappa shape index (κ2) is 6.61. The smallest absolute Gasteiger partial charge is 0.128 e. The molecule has 0 aliphatic heterocycles. The molecule has 0 amide bonds. The molecule has 3 N–H and O–H groups in total. The lowest BCUT2D eigenvalue weighted by Crippen LogP contribution is -2.30. The van der Waals surface area contributed by atoms with Gasteiger partial charge in [-0.1, -0.05) is 44.0 Å². The lowest BCUT2D eigenvalue weighted by Gasteiger charge is -2.17. The van der Waals surface area contributed by atoms with Crippen LogP contribution in [-0.4, -0.2) is 0 Å². The van der Waals surface area contributed by atoms with Crippen molar-refractivity contribution >= 4 is 31.9 Å². The van der Waals surface area contributed by atoms with E-state index in [9.17, 15) is 4.39 Å². The van der Waals surface area contributed by atoms with Crippen LogP contribution in [0, 0.1) is 5.82 Å². The maximum absolute atomic E-state index is 13.9. The summed E-state index contributed by atoms with van der Waals surface area (Å²) in [6, 6.07) is 12.5. The van der Waals surface area contributed by atoms with Gasteiger partial charge in [0.2, 0.25) is 0 Å². The van der Waals surface area contributed by atoms with E-state index in [4.69, 9.17) is 5.84 Å². The van der Waals surface area contributed by atoms with E-state index in [0.29, 0.717) is 12.0 Å². The monoisotopic (exact) mass is 386 g/mol. The first-order valence-electron chi connectivity index (χ1n) is 5.75. The van der Waals surface area contributed by atoms with E-state index in [-0.39, 0.29) is 11.9 Å². The summed E-state index contributed by atoms with van der Waals surface area (Å²) in [5.41, 5.74) is 4.31. The molecule has 1 unspecified atom stereocenters. The van der Waals surface area contributed by atoms with Gasteiger partial charge in [0.15, 0.2) is 0 Å². The normalized spacial score (nSPS) is 12.4. The Balaban J connectivity index is 2.27. The highest BCUT2D eigenvalue weighted by atomic mass is 79.9. The molecule has 2 aromatic carbocycles. The highest BCUT2D eigenvalue weighted by Crippen LogP contribution is 2.25. The second-order valence-corrected chi connectivity index (χ2v) is 6.05. The second-order valence-electron chi connectivity index (χ2n) is 4.22. The quantitative estimate of drug-likeness (QED) is 0.612. The molecule has 0 spiro atoms. The van der Waals surface area contributed by atoms with Crippen molar-refractivity contribution in [1.82, 2.24) is 5.43 Å². The Morgan fingerprint density at radius 1 is 1.11 bits per heavy atom. The number of hydrazine groups is 1. The van der Waals surface area contributed by atoms with E-state index >= 15 is 0 Å². The molecule has 0 aliphatic carbocycles. The van der Waals surface area contributed by atoms with Crippen LogP contribution in [0.15, 0.2) is 51.4 Å². The van der Waals surface area contributed by atoms with Crippen LogP contribution >= 0.6 is 31.9 Å². The number of hydrogen-bond donors (Lipinski definition) is 2. The molecule has 5 heteroatoms. The molecule has 0 aliphatic rings. The number of nitrogens with one attached hydrogen (secondary N) is 1. The van der Waals surface area contributed by atoms with Gasteiger partial charge in [-0.2, -0.15) is 0 Å². The number of hydrogen-bond acceptors (Lipinski definition) is 2. The number of halogens is 3. The summed E-state index contributed by atoms with van der Waals surface area (Å²) in [5, 5.41) is 0. The zero-order valence-corrected chi connectivity index (χ0v) is 13.2. The fraction of sp³-hybridized carbons (Fsp3) is 0.143.